The molecule has 2 aromatic carbocycles. The summed E-state index contributed by atoms with van der Waals surface area (Å²) < 4.78 is 13.2. The van der Waals surface area contributed by atoms with Crippen molar-refractivity contribution < 1.29 is 19.4 Å². The lowest BCUT2D eigenvalue weighted by Crippen LogP contribution is -2.44. The average molecular weight is 530 g/mol. The molecule has 34 heavy (non-hydrogen) atoms. The largest absolute Gasteiger partial charge is 0.493 e. The first-order valence-electron chi connectivity index (χ1n) is 11.0. The first-order valence-corrected chi connectivity index (χ1v) is 11.8. The molecule has 10 heteroatoms. The summed E-state index contributed by atoms with van der Waals surface area (Å²) in [5.74, 6) is 0.694. The van der Waals surface area contributed by atoms with E-state index in [0.29, 0.717) is 18.2 Å². The molecule has 0 saturated carbocycles. The van der Waals surface area contributed by atoms with Crippen molar-refractivity contribution in [2.24, 2.45) is 10.2 Å². The van der Waals surface area contributed by atoms with E-state index >= 15 is 0 Å². The Bertz CT molecular complexity index is 1220. The van der Waals surface area contributed by atoms with Crippen molar-refractivity contribution in [1.82, 2.24) is 14.4 Å². The first-order chi connectivity index (χ1) is 16.4. The molecule has 0 spiro atoms. The van der Waals surface area contributed by atoms with Crippen LogP contribution in [0.3, 0.4) is 0 Å². The standard InChI is InChI=1S/C24H28BrN5O4/c1-28-8-10-29(11-9-28)15-30-19-6-5-17(25)14-18(19)23(24(30)32)27-26-22(31)13-16-4-7-20(33-2)21(12-16)34-3/h4-7,12,14,32H,8-11,13,15H2,1-3H3. The fourth-order valence-corrected chi connectivity index (χ4v) is 4.39. The summed E-state index contributed by atoms with van der Waals surface area (Å²) in [5.41, 5.74) is 1.85. The molecule has 3 aromatic rings. The number of methoxy groups -OCH3 is 2. The Morgan fingerprint density at radius 1 is 1.06 bits per heavy atom. The van der Waals surface area contributed by atoms with Gasteiger partial charge in [0.05, 0.1) is 32.8 Å². The molecule has 1 saturated heterocycles. The van der Waals surface area contributed by atoms with Crippen LogP contribution in [0.2, 0.25) is 0 Å². The van der Waals surface area contributed by atoms with Crippen molar-refractivity contribution in [3.63, 3.8) is 0 Å². The van der Waals surface area contributed by atoms with Gasteiger partial charge in [-0.3, -0.25) is 14.3 Å². The highest BCUT2D eigenvalue weighted by Crippen LogP contribution is 2.40. The number of piperazine rings is 1. The minimum absolute atomic E-state index is 0.00491. The number of amides is 1. The summed E-state index contributed by atoms with van der Waals surface area (Å²) in [6.07, 6.45) is 0.0498. The molecule has 0 bridgehead atoms. The predicted molar refractivity (Wildman–Crippen MR) is 133 cm³/mol. The Morgan fingerprint density at radius 3 is 2.50 bits per heavy atom. The summed E-state index contributed by atoms with van der Waals surface area (Å²) in [5, 5.41) is 19.8. The van der Waals surface area contributed by atoms with Gasteiger partial charge in [0.15, 0.2) is 17.2 Å². The fraction of sp³-hybridized carbons (Fsp3) is 0.375. The molecule has 0 radical (unpaired) electrons. The normalized spacial score (nSPS) is 15.3. The molecule has 9 nitrogen and oxygen atoms in total. The van der Waals surface area contributed by atoms with Gasteiger partial charge in [-0.25, -0.2) is 0 Å². The van der Waals surface area contributed by atoms with Crippen LogP contribution in [0.4, 0.5) is 5.69 Å². The maximum atomic E-state index is 12.6. The van der Waals surface area contributed by atoms with Gasteiger partial charge in [0.25, 0.3) is 5.91 Å². The Labute approximate surface area is 206 Å². The van der Waals surface area contributed by atoms with E-state index in [9.17, 15) is 9.90 Å². The lowest BCUT2D eigenvalue weighted by molar-refractivity contribution is -0.117. The van der Waals surface area contributed by atoms with Gasteiger partial charge in [-0.2, -0.15) is 0 Å². The Balaban J connectivity index is 1.58. The van der Waals surface area contributed by atoms with Gasteiger partial charge in [0.1, 0.15) is 0 Å². The number of benzene rings is 2. The van der Waals surface area contributed by atoms with Gasteiger partial charge in [0.2, 0.25) is 5.88 Å². The number of carbonyl (C=O) groups is 1. The number of hydrogen-bond donors (Lipinski definition) is 1. The summed E-state index contributed by atoms with van der Waals surface area (Å²) in [6, 6.07) is 11.0. The zero-order valence-corrected chi connectivity index (χ0v) is 21.1. The summed E-state index contributed by atoms with van der Waals surface area (Å²) >= 11 is 3.49. The SMILES string of the molecule is COc1ccc(CC(=O)N=Nc2c(O)n(CN3CCN(C)CC3)c3ccc(Br)cc23)cc1OC. The van der Waals surface area contributed by atoms with Crippen LogP contribution >= 0.6 is 15.9 Å². The summed E-state index contributed by atoms with van der Waals surface area (Å²) in [4.78, 5) is 17.1. The number of carbonyl (C=O) groups excluding carboxylic acids is 1. The molecule has 1 aliphatic heterocycles. The zero-order chi connectivity index (χ0) is 24.2. The highest BCUT2D eigenvalue weighted by Gasteiger charge is 2.21. The number of hydrogen-bond acceptors (Lipinski definition) is 7. The molecule has 0 aliphatic carbocycles. The van der Waals surface area contributed by atoms with E-state index < -0.39 is 5.91 Å². The van der Waals surface area contributed by atoms with Crippen molar-refractivity contribution in [2.45, 2.75) is 13.1 Å². The number of aromatic nitrogens is 1. The Hall–Kier alpha value is -2.95. The lowest BCUT2D eigenvalue weighted by atomic mass is 10.1. The molecular formula is C24H28BrN5O4. The molecule has 1 aliphatic rings. The van der Waals surface area contributed by atoms with Crippen LogP contribution in [-0.2, 0) is 17.9 Å². The molecule has 1 fully saturated rings. The highest BCUT2D eigenvalue weighted by atomic mass is 79.9. The number of nitrogens with zero attached hydrogens (tertiary/aromatic N) is 5. The third kappa shape index (κ3) is 5.24. The van der Waals surface area contributed by atoms with Crippen molar-refractivity contribution in [3.8, 4) is 17.4 Å². The predicted octanol–water partition coefficient (Wildman–Crippen LogP) is 4.18. The van der Waals surface area contributed by atoms with Gasteiger partial charge < -0.3 is 19.5 Å². The summed E-state index contributed by atoms with van der Waals surface area (Å²) in [7, 11) is 5.21. The minimum atomic E-state index is -0.429. The molecule has 1 aromatic heterocycles. The molecule has 0 unspecified atom stereocenters. The molecule has 180 valence electrons. The molecular weight excluding hydrogens is 502 g/mol. The van der Waals surface area contributed by atoms with Crippen LogP contribution in [0, 0.1) is 0 Å². The number of rotatable bonds is 7. The van der Waals surface area contributed by atoms with E-state index in [-0.39, 0.29) is 18.0 Å². The number of likely N-dealkylation sites (N-methyl/N-ethyl adjacent to an activating group) is 1. The zero-order valence-electron chi connectivity index (χ0n) is 19.5. The van der Waals surface area contributed by atoms with E-state index in [0.717, 1.165) is 47.1 Å². The van der Waals surface area contributed by atoms with Crippen LogP contribution in [0.25, 0.3) is 10.9 Å². The molecule has 4 rings (SSSR count). The smallest absolute Gasteiger partial charge is 0.269 e. The molecule has 1 amide bonds. The van der Waals surface area contributed by atoms with Crippen molar-refractivity contribution in [1.29, 1.82) is 0 Å². The number of azo groups is 1. The second-order valence-electron chi connectivity index (χ2n) is 8.28. The molecule has 2 heterocycles. The fourth-order valence-electron chi connectivity index (χ4n) is 4.03. The number of aromatic hydroxyl groups is 1. The van der Waals surface area contributed by atoms with Crippen molar-refractivity contribution >= 4 is 38.4 Å². The van der Waals surface area contributed by atoms with Crippen molar-refractivity contribution in [2.75, 3.05) is 47.4 Å². The van der Waals surface area contributed by atoms with E-state index in [2.05, 4.69) is 43.0 Å². The van der Waals surface area contributed by atoms with E-state index in [4.69, 9.17) is 9.47 Å². The van der Waals surface area contributed by atoms with E-state index in [1.54, 1.807) is 32.4 Å². The second kappa shape index (κ2) is 10.5. The monoisotopic (exact) mass is 529 g/mol. The lowest BCUT2D eigenvalue weighted by Gasteiger charge is -2.32. The minimum Gasteiger partial charge on any atom is -0.493 e. The van der Waals surface area contributed by atoms with Crippen LogP contribution < -0.4 is 9.47 Å². The van der Waals surface area contributed by atoms with Crippen LogP contribution in [0.15, 0.2) is 51.1 Å². The number of fused-ring (bicyclic) bond motifs is 1. The quantitative estimate of drug-likeness (QED) is 0.461. The number of halogens is 1. The number of ether oxygens (including phenoxy) is 2. The van der Waals surface area contributed by atoms with Crippen LogP contribution in [0.1, 0.15) is 5.56 Å². The maximum Gasteiger partial charge on any atom is 0.269 e. The van der Waals surface area contributed by atoms with Gasteiger partial charge in [-0.15, -0.1) is 10.2 Å². The van der Waals surface area contributed by atoms with Crippen LogP contribution in [0.5, 0.6) is 17.4 Å². The second-order valence-corrected chi connectivity index (χ2v) is 9.20. The van der Waals surface area contributed by atoms with Gasteiger partial charge in [0, 0.05) is 36.0 Å². The average Bonchev–Trinajstić information content (AvgIpc) is 3.08. The third-order valence-corrected chi connectivity index (χ3v) is 6.47. The van der Waals surface area contributed by atoms with Gasteiger partial charge >= 0.3 is 0 Å². The van der Waals surface area contributed by atoms with Crippen LogP contribution in [-0.4, -0.2) is 72.8 Å². The first kappa shape index (κ1) is 24.2. The summed E-state index contributed by atoms with van der Waals surface area (Å²) in [6.45, 7) is 4.30. The molecule has 1 N–H and O–H groups in total. The highest BCUT2D eigenvalue weighted by molar-refractivity contribution is 9.10. The van der Waals surface area contributed by atoms with Gasteiger partial charge in [-0.05, 0) is 42.9 Å². The Morgan fingerprint density at radius 2 is 1.79 bits per heavy atom. The molecule has 0 atom stereocenters. The third-order valence-electron chi connectivity index (χ3n) is 5.97. The van der Waals surface area contributed by atoms with Gasteiger partial charge in [-0.1, -0.05) is 22.0 Å². The maximum absolute atomic E-state index is 12.6. The van der Waals surface area contributed by atoms with E-state index in [1.165, 1.54) is 0 Å². The van der Waals surface area contributed by atoms with E-state index in [1.807, 2.05) is 22.8 Å². The Kier molecular flexibility index (Phi) is 7.50. The van der Waals surface area contributed by atoms with Crippen molar-refractivity contribution in [3.05, 3.63) is 46.4 Å². The topological polar surface area (TPSA) is 91.9 Å².